The molecular weight excluding hydrogens is 298 g/mol. The normalized spacial score (nSPS) is 13.2. The highest BCUT2D eigenvalue weighted by Crippen LogP contribution is 2.28. The molecule has 1 rings (SSSR count). The molecule has 1 atom stereocenters. The van der Waals surface area contributed by atoms with Crippen molar-refractivity contribution in [3.63, 3.8) is 0 Å². The summed E-state index contributed by atoms with van der Waals surface area (Å²) in [5.41, 5.74) is 5.30. The first kappa shape index (κ1) is 17.3. The molecule has 9 heteroatoms. The lowest BCUT2D eigenvalue weighted by Crippen LogP contribution is -2.43. The van der Waals surface area contributed by atoms with Crippen LogP contribution in [0, 0.1) is 16.0 Å². The Kier molecular flexibility index (Phi) is 5.64. The first-order valence-electron chi connectivity index (χ1n) is 6.27. The molecular formula is C12H19N3O5S. The Morgan fingerprint density at radius 2 is 2.05 bits per heavy atom. The Hall–Kier alpha value is -1.71. The van der Waals surface area contributed by atoms with Gasteiger partial charge in [-0.15, -0.1) is 0 Å². The summed E-state index contributed by atoms with van der Waals surface area (Å²) in [5.74, 6) is -0.0787. The highest BCUT2D eigenvalue weighted by Gasteiger charge is 2.26. The molecule has 1 aromatic carbocycles. The van der Waals surface area contributed by atoms with Gasteiger partial charge in [0.05, 0.1) is 18.1 Å². The van der Waals surface area contributed by atoms with Crippen molar-refractivity contribution in [3.05, 3.63) is 28.3 Å². The van der Waals surface area contributed by atoms with Gasteiger partial charge in [-0.2, -0.15) is 0 Å². The molecule has 0 radical (unpaired) electrons. The van der Waals surface area contributed by atoms with E-state index in [0.29, 0.717) is 0 Å². The molecule has 8 nitrogen and oxygen atoms in total. The Morgan fingerprint density at radius 3 is 2.48 bits per heavy atom. The fourth-order valence-corrected chi connectivity index (χ4v) is 3.26. The van der Waals surface area contributed by atoms with Gasteiger partial charge in [0, 0.05) is 18.7 Å². The molecule has 1 aromatic rings. The largest absolute Gasteiger partial charge is 0.495 e. The molecule has 0 saturated carbocycles. The lowest BCUT2D eigenvalue weighted by atomic mass is 10.1. The van der Waals surface area contributed by atoms with Gasteiger partial charge >= 0.3 is 0 Å². The van der Waals surface area contributed by atoms with Crippen molar-refractivity contribution >= 4 is 15.7 Å². The lowest BCUT2D eigenvalue weighted by Gasteiger charge is -2.21. The van der Waals surface area contributed by atoms with E-state index in [0.717, 1.165) is 18.2 Å². The Bertz CT molecular complexity index is 615. The average Bonchev–Trinajstić information content (AvgIpc) is 2.43. The predicted molar refractivity (Wildman–Crippen MR) is 77.7 cm³/mol. The van der Waals surface area contributed by atoms with Crippen molar-refractivity contribution in [2.75, 3.05) is 13.7 Å². The van der Waals surface area contributed by atoms with Crippen LogP contribution in [0.2, 0.25) is 0 Å². The summed E-state index contributed by atoms with van der Waals surface area (Å²) in [6.07, 6.45) is 0. The molecule has 3 N–H and O–H groups in total. The first-order chi connectivity index (χ1) is 9.72. The van der Waals surface area contributed by atoms with E-state index in [2.05, 4.69) is 4.72 Å². The van der Waals surface area contributed by atoms with E-state index in [1.807, 2.05) is 13.8 Å². The van der Waals surface area contributed by atoms with Crippen LogP contribution in [0.3, 0.4) is 0 Å². The number of nitrogens with one attached hydrogen (secondary N) is 1. The SMILES string of the molecule is COc1cc([N+](=O)[O-])ccc1S(=O)(=O)NC(CN)C(C)C. The maximum Gasteiger partial charge on any atom is 0.273 e. The van der Waals surface area contributed by atoms with E-state index < -0.39 is 21.0 Å². The molecule has 0 bridgehead atoms. The molecule has 0 amide bonds. The third kappa shape index (κ3) is 4.13. The summed E-state index contributed by atoms with van der Waals surface area (Å²) in [7, 11) is -2.63. The number of benzene rings is 1. The van der Waals surface area contributed by atoms with E-state index in [-0.39, 0.29) is 28.8 Å². The maximum atomic E-state index is 12.4. The van der Waals surface area contributed by atoms with Gasteiger partial charge < -0.3 is 10.5 Å². The predicted octanol–water partition coefficient (Wildman–Crippen LogP) is 0.865. The third-order valence-corrected chi connectivity index (χ3v) is 4.54. The zero-order chi connectivity index (χ0) is 16.2. The number of hydrogen-bond donors (Lipinski definition) is 2. The Labute approximate surface area is 123 Å². The number of nitro groups is 1. The van der Waals surface area contributed by atoms with Crippen molar-refractivity contribution in [2.45, 2.75) is 24.8 Å². The van der Waals surface area contributed by atoms with Crippen LogP contribution < -0.4 is 15.2 Å². The third-order valence-electron chi connectivity index (χ3n) is 3.01. The number of rotatable bonds is 7. The van der Waals surface area contributed by atoms with Crippen LogP contribution in [0.5, 0.6) is 5.75 Å². The fourth-order valence-electron chi connectivity index (χ4n) is 1.71. The molecule has 118 valence electrons. The van der Waals surface area contributed by atoms with E-state index in [4.69, 9.17) is 10.5 Å². The van der Waals surface area contributed by atoms with Gasteiger partial charge in [0.2, 0.25) is 10.0 Å². The van der Waals surface area contributed by atoms with E-state index in [9.17, 15) is 18.5 Å². The second kappa shape index (κ2) is 6.83. The minimum Gasteiger partial charge on any atom is -0.495 e. The van der Waals surface area contributed by atoms with Gasteiger partial charge in [-0.1, -0.05) is 13.8 Å². The number of non-ortho nitro benzene ring substituents is 1. The number of sulfonamides is 1. The number of nitro benzene ring substituents is 1. The topological polar surface area (TPSA) is 125 Å². The molecule has 0 heterocycles. The number of methoxy groups -OCH3 is 1. The first-order valence-corrected chi connectivity index (χ1v) is 7.76. The minimum absolute atomic E-state index is 0.00817. The number of nitrogens with two attached hydrogens (primary N) is 1. The highest BCUT2D eigenvalue weighted by atomic mass is 32.2. The highest BCUT2D eigenvalue weighted by molar-refractivity contribution is 7.89. The quantitative estimate of drug-likeness (QED) is 0.568. The lowest BCUT2D eigenvalue weighted by molar-refractivity contribution is -0.385. The summed E-state index contributed by atoms with van der Waals surface area (Å²) in [6.45, 7) is 3.83. The Morgan fingerprint density at radius 1 is 1.43 bits per heavy atom. The molecule has 0 aliphatic carbocycles. The van der Waals surface area contributed by atoms with Gasteiger partial charge in [0.15, 0.2) is 0 Å². The molecule has 1 unspecified atom stereocenters. The van der Waals surface area contributed by atoms with Crippen LogP contribution in [0.15, 0.2) is 23.1 Å². The van der Waals surface area contributed by atoms with E-state index in [1.54, 1.807) is 0 Å². The van der Waals surface area contributed by atoms with Crippen LogP contribution in [0.25, 0.3) is 0 Å². The maximum absolute atomic E-state index is 12.4. The van der Waals surface area contributed by atoms with Crippen molar-refractivity contribution in [1.82, 2.24) is 4.72 Å². The zero-order valence-electron chi connectivity index (χ0n) is 12.1. The van der Waals surface area contributed by atoms with Crippen molar-refractivity contribution in [2.24, 2.45) is 11.7 Å². The van der Waals surface area contributed by atoms with Crippen molar-refractivity contribution in [1.29, 1.82) is 0 Å². The summed E-state index contributed by atoms with van der Waals surface area (Å²) in [6, 6.07) is 2.90. The minimum atomic E-state index is -3.88. The van der Waals surface area contributed by atoms with Gasteiger partial charge in [0.25, 0.3) is 5.69 Å². The van der Waals surface area contributed by atoms with Gasteiger partial charge in [-0.25, -0.2) is 13.1 Å². The van der Waals surface area contributed by atoms with E-state index in [1.165, 1.54) is 7.11 Å². The van der Waals surface area contributed by atoms with Crippen LogP contribution >= 0.6 is 0 Å². The van der Waals surface area contributed by atoms with Gasteiger partial charge in [0.1, 0.15) is 10.6 Å². The van der Waals surface area contributed by atoms with Crippen LogP contribution in [-0.2, 0) is 10.0 Å². The van der Waals surface area contributed by atoms with Crippen molar-refractivity contribution in [3.8, 4) is 5.75 Å². The van der Waals surface area contributed by atoms with Crippen molar-refractivity contribution < 1.29 is 18.1 Å². The molecule has 21 heavy (non-hydrogen) atoms. The summed E-state index contributed by atoms with van der Waals surface area (Å²) >= 11 is 0. The second-order valence-corrected chi connectivity index (χ2v) is 6.48. The standard InChI is InChI=1S/C12H19N3O5S/c1-8(2)10(7-13)14-21(18,19)12-5-4-9(15(16)17)6-11(12)20-3/h4-6,8,10,14H,7,13H2,1-3H3. The molecule has 0 saturated heterocycles. The van der Waals surface area contributed by atoms with Gasteiger partial charge in [-0.3, -0.25) is 10.1 Å². The van der Waals surface area contributed by atoms with Crippen LogP contribution in [-0.4, -0.2) is 33.0 Å². The summed E-state index contributed by atoms with van der Waals surface area (Å²) in [5, 5.41) is 10.7. The zero-order valence-corrected chi connectivity index (χ0v) is 12.9. The number of ether oxygens (including phenoxy) is 1. The van der Waals surface area contributed by atoms with E-state index >= 15 is 0 Å². The van der Waals surface area contributed by atoms with Crippen LogP contribution in [0.1, 0.15) is 13.8 Å². The molecule has 0 fully saturated rings. The number of nitrogens with zero attached hydrogens (tertiary/aromatic N) is 1. The second-order valence-electron chi connectivity index (χ2n) is 4.80. The molecule has 0 aromatic heterocycles. The Balaban J connectivity index is 3.22. The average molecular weight is 317 g/mol. The van der Waals surface area contributed by atoms with Gasteiger partial charge in [-0.05, 0) is 12.0 Å². The van der Waals surface area contributed by atoms with Crippen LogP contribution in [0.4, 0.5) is 5.69 Å². The smallest absolute Gasteiger partial charge is 0.273 e. The monoisotopic (exact) mass is 317 g/mol. The molecule has 0 aliphatic rings. The molecule has 0 aliphatic heterocycles. The fraction of sp³-hybridized carbons (Fsp3) is 0.500. The summed E-state index contributed by atoms with van der Waals surface area (Å²) in [4.78, 5) is 9.93. The summed E-state index contributed by atoms with van der Waals surface area (Å²) < 4.78 is 32.1. The molecule has 0 spiro atoms. The number of hydrogen-bond acceptors (Lipinski definition) is 6.